The maximum absolute atomic E-state index is 11.9. The number of nitrogens with one attached hydrogen (secondary N) is 3. The Morgan fingerprint density at radius 3 is 2.29 bits per heavy atom. The fourth-order valence-electron chi connectivity index (χ4n) is 3.73. The van der Waals surface area contributed by atoms with Crippen LogP contribution in [0.2, 0.25) is 0 Å². The van der Waals surface area contributed by atoms with Gasteiger partial charge in [0.25, 0.3) is 0 Å². The number of aliphatic imine (C=N–C) groups is 1. The molecule has 0 unspecified atom stereocenters. The average molecular weight is 397 g/mol. The predicted molar refractivity (Wildman–Crippen MR) is 119 cm³/mol. The van der Waals surface area contributed by atoms with Gasteiger partial charge >= 0.3 is 0 Å². The van der Waals surface area contributed by atoms with Crippen LogP contribution in [0.15, 0.2) is 4.99 Å². The van der Waals surface area contributed by atoms with Crippen LogP contribution in [0.3, 0.4) is 0 Å². The number of guanidine groups is 1. The van der Waals surface area contributed by atoms with Crippen molar-refractivity contribution in [2.75, 3.05) is 46.3 Å². The maximum Gasteiger partial charge on any atom is 0.234 e. The van der Waals surface area contributed by atoms with E-state index < -0.39 is 0 Å². The molecule has 7 heteroatoms. The lowest BCUT2D eigenvalue weighted by molar-refractivity contribution is -0.122. The van der Waals surface area contributed by atoms with Crippen LogP contribution in [0, 0.1) is 0 Å². The van der Waals surface area contributed by atoms with E-state index in [-0.39, 0.29) is 5.91 Å². The number of carbonyl (C=O) groups excluding carboxylic acids is 1. The molecule has 0 aromatic rings. The second-order valence-corrected chi connectivity index (χ2v) is 8.32. The van der Waals surface area contributed by atoms with Crippen LogP contribution in [0.5, 0.6) is 0 Å². The summed E-state index contributed by atoms with van der Waals surface area (Å²) in [7, 11) is 1.83. The third-order valence-electron chi connectivity index (χ3n) is 5.30. The summed E-state index contributed by atoms with van der Waals surface area (Å²) in [4.78, 5) is 21.0. The van der Waals surface area contributed by atoms with Crippen molar-refractivity contribution >= 4 is 11.9 Å². The topological polar surface area (TPSA) is 72.0 Å². The van der Waals surface area contributed by atoms with Gasteiger partial charge in [-0.15, -0.1) is 0 Å². The van der Waals surface area contributed by atoms with Crippen molar-refractivity contribution in [3.63, 3.8) is 0 Å². The van der Waals surface area contributed by atoms with Crippen LogP contribution in [0.1, 0.15) is 60.3 Å². The molecular weight excluding hydrogens is 352 g/mol. The lowest BCUT2D eigenvalue weighted by Gasteiger charge is -2.33. The molecule has 1 fully saturated rings. The number of amides is 1. The lowest BCUT2D eigenvalue weighted by atomic mass is 10.1. The molecule has 1 aliphatic rings. The van der Waals surface area contributed by atoms with Crippen molar-refractivity contribution in [3.8, 4) is 0 Å². The fraction of sp³-hybridized carbons (Fsp3) is 0.905. The Labute approximate surface area is 172 Å². The summed E-state index contributed by atoms with van der Waals surface area (Å²) in [5.41, 5.74) is 0. The first-order valence-corrected chi connectivity index (χ1v) is 11.1. The highest BCUT2D eigenvalue weighted by Gasteiger charge is 2.21. The van der Waals surface area contributed by atoms with Crippen molar-refractivity contribution in [2.24, 2.45) is 4.99 Å². The predicted octanol–water partition coefficient (Wildman–Crippen LogP) is 1.65. The molecule has 1 rings (SSSR count). The largest absolute Gasteiger partial charge is 0.356 e. The smallest absolute Gasteiger partial charge is 0.234 e. The third kappa shape index (κ3) is 9.73. The van der Waals surface area contributed by atoms with E-state index in [0.29, 0.717) is 24.7 Å². The van der Waals surface area contributed by atoms with Crippen molar-refractivity contribution in [3.05, 3.63) is 0 Å². The van der Waals surface area contributed by atoms with E-state index in [1.54, 1.807) is 0 Å². The van der Waals surface area contributed by atoms with Gasteiger partial charge in [0.2, 0.25) is 5.91 Å². The summed E-state index contributed by atoms with van der Waals surface area (Å²) in [5, 5.41) is 9.95. The van der Waals surface area contributed by atoms with Gasteiger partial charge in [-0.1, -0.05) is 6.92 Å². The molecule has 1 heterocycles. The highest BCUT2D eigenvalue weighted by molar-refractivity contribution is 5.80. The molecule has 1 aliphatic heterocycles. The number of nitrogens with zero attached hydrogens (tertiary/aromatic N) is 3. The molecule has 1 amide bonds. The van der Waals surface area contributed by atoms with Crippen LogP contribution in [0.4, 0.5) is 0 Å². The number of piperidine rings is 1. The minimum atomic E-state index is 0.141. The maximum atomic E-state index is 11.9. The van der Waals surface area contributed by atoms with Gasteiger partial charge in [0, 0.05) is 57.9 Å². The Morgan fingerprint density at radius 1 is 1.11 bits per heavy atom. The Hall–Kier alpha value is -1.34. The monoisotopic (exact) mass is 396 g/mol. The van der Waals surface area contributed by atoms with E-state index in [0.717, 1.165) is 64.4 Å². The number of carbonyl (C=O) groups is 1. The van der Waals surface area contributed by atoms with Gasteiger partial charge in [-0.25, -0.2) is 0 Å². The van der Waals surface area contributed by atoms with Gasteiger partial charge < -0.3 is 16.0 Å². The highest BCUT2D eigenvalue weighted by Crippen LogP contribution is 2.10. The first-order valence-electron chi connectivity index (χ1n) is 11.1. The molecule has 0 aliphatic carbocycles. The van der Waals surface area contributed by atoms with Crippen molar-refractivity contribution in [1.29, 1.82) is 0 Å². The fourth-order valence-corrected chi connectivity index (χ4v) is 3.73. The molecule has 0 spiro atoms. The molecule has 7 nitrogen and oxygen atoms in total. The second kappa shape index (κ2) is 13.8. The lowest BCUT2D eigenvalue weighted by Crippen LogP contribution is -2.50. The number of likely N-dealkylation sites (tertiary alicyclic amines) is 1. The third-order valence-corrected chi connectivity index (χ3v) is 5.30. The van der Waals surface area contributed by atoms with E-state index in [1.807, 2.05) is 7.05 Å². The highest BCUT2D eigenvalue weighted by atomic mass is 16.2. The zero-order chi connectivity index (χ0) is 20.9. The van der Waals surface area contributed by atoms with E-state index in [1.165, 1.54) is 0 Å². The SMILES string of the molecule is CCCNC(=O)CN1CCC(NC(=NC)NCCCN(C(C)C)C(C)C)CC1. The molecule has 3 N–H and O–H groups in total. The Morgan fingerprint density at radius 2 is 1.75 bits per heavy atom. The summed E-state index contributed by atoms with van der Waals surface area (Å²) < 4.78 is 0. The van der Waals surface area contributed by atoms with Gasteiger partial charge in [-0.3, -0.25) is 19.6 Å². The molecule has 0 aromatic carbocycles. The van der Waals surface area contributed by atoms with Gasteiger partial charge in [0.05, 0.1) is 6.54 Å². The molecule has 0 radical (unpaired) electrons. The molecule has 28 heavy (non-hydrogen) atoms. The molecular formula is C21H44N6O. The summed E-state index contributed by atoms with van der Waals surface area (Å²) in [6.07, 6.45) is 4.16. The molecule has 164 valence electrons. The van der Waals surface area contributed by atoms with Crippen LogP contribution >= 0.6 is 0 Å². The van der Waals surface area contributed by atoms with Gasteiger partial charge in [-0.05, 0) is 53.4 Å². The van der Waals surface area contributed by atoms with Crippen LogP contribution < -0.4 is 16.0 Å². The number of hydrogen-bond donors (Lipinski definition) is 3. The number of hydrogen-bond acceptors (Lipinski definition) is 4. The Kier molecular flexibility index (Phi) is 12.1. The minimum absolute atomic E-state index is 0.141. The van der Waals surface area contributed by atoms with Gasteiger partial charge in [0.1, 0.15) is 0 Å². The van der Waals surface area contributed by atoms with E-state index in [9.17, 15) is 4.79 Å². The molecule has 0 bridgehead atoms. The van der Waals surface area contributed by atoms with E-state index in [2.05, 4.69) is 65.4 Å². The standard InChI is InChI=1S/C21H44N6O/c1-7-11-23-20(28)16-26-14-9-19(10-15-26)25-21(22-6)24-12-8-13-27(17(2)3)18(4)5/h17-19H,7-16H2,1-6H3,(H,23,28)(H2,22,24,25). The minimum Gasteiger partial charge on any atom is -0.356 e. The summed E-state index contributed by atoms with van der Waals surface area (Å²) in [6.45, 7) is 16.3. The second-order valence-electron chi connectivity index (χ2n) is 8.32. The first-order chi connectivity index (χ1) is 13.4. The van der Waals surface area contributed by atoms with Gasteiger partial charge in [0.15, 0.2) is 5.96 Å². The zero-order valence-electron chi connectivity index (χ0n) is 19.1. The van der Waals surface area contributed by atoms with Crippen molar-refractivity contribution in [2.45, 2.75) is 78.4 Å². The quantitative estimate of drug-likeness (QED) is 0.281. The van der Waals surface area contributed by atoms with Crippen LogP contribution in [0.25, 0.3) is 0 Å². The number of rotatable bonds is 11. The summed E-state index contributed by atoms with van der Waals surface area (Å²) >= 11 is 0. The van der Waals surface area contributed by atoms with E-state index in [4.69, 9.17) is 0 Å². The van der Waals surface area contributed by atoms with Crippen molar-refractivity contribution in [1.82, 2.24) is 25.8 Å². The average Bonchev–Trinajstić information content (AvgIpc) is 2.66. The molecule has 0 saturated carbocycles. The van der Waals surface area contributed by atoms with Crippen LogP contribution in [-0.2, 0) is 4.79 Å². The zero-order valence-corrected chi connectivity index (χ0v) is 19.1. The van der Waals surface area contributed by atoms with Gasteiger partial charge in [-0.2, -0.15) is 0 Å². The Bertz CT molecular complexity index is 450. The molecule has 0 atom stereocenters. The summed E-state index contributed by atoms with van der Waals surface area (Å²) in [5.74, 6) is 1.03. The first kappa shape index (κ1) is 24.7. The molecule has 1 saturated heterocycles. The van der Waals surface area contributed by atoms with E-state index >= 15 is 0 Å². The van der Waals surface area contributed by atoms with Crippen molar-refractivity contribution < 1.29 is 4.79 Å². The summed E-state index contributed by atoms with van der Waals surface area (Å²) in [6, 6.07) is 1.57. The molecule has 0 aromatic heterocycles. The van der Waals surface area contributed by atoms with Crippen LogP contribution in [-0.4, -0.2) is 86.1 Å². The normalized spacial score (nSPS) is 16.8. The Balaban J connectivity index is 2.25.